The van der Waals surface area contributed by atoms with Gasteiger partial charge in [0, 0.05) is 41.9 Å². The molecule has 1 aromatic carbocycles. The number of aromatic amines is 1. The van der Waals surface area contributed by atoms with Crippen LogP contribution in [0.15, 0.2) is 53.8 Å². The Kier molecular flexibility index (Phi) is 8.38. The quantitative estimate of drug-likeness (QED) is 0.276. The molecule has 2 aromatic heterocycles. The molecule has 0 atom stereocenters. The van der Waals surface area contributed by atoms with Crippen LogP contribution < -0.4 is 15.4 Å². The Morgan fingerprint density at radius 2 is 2.00 bits per heavy atom. The molecule has 0 aliphatic heterocycles. The van der Waals surface area contributed by atoms with Crippen LogP contribution >= 0.6 is 24.0 Å². The highest BCUT2D eigenvalue weighted by atomic mass is 127. The maximum atomic E-state index is 5.28. The molecule has 0 saturated heterocycles. The maximum Gasteiger partial charge on any atom is 0.218 e. The summed E-state index contributed by atoms with van der Waals surface area (Å²) in [6.45, 7) is 4.18. The van der Waals surface area contributed by atoms with E-state index in [2.05, 4.69) is 56.9 Å². The summed E-state index contributed by atoms with van der Waals surface area (Å²) >= 11 is 0. The number of pyridine rings is 1. The third kappa shape index (κ3) is 5.59. The molecule has 0 aliphatic carbocycles. The number of aliphatic imine (C=N–C) groups is 1. The second-order valence-electron chi connectivity index (χ2n) is 5.90. The van der Waals surface area contributed by atoms with Crippen molar-refractivity contribution in [3.05, 3.63) is 59.9 Å². The van der Waals surface area contributed by atoms with Gasteiger partial charge in [-0.3, -0.25) is 0 Å². The minimum absolute atomic E-state index is 0. The van der Waals surface area contributed by atoms with Crippen LogP contribution in [0.25, 0.3) is 10.9 Å². The number of hydrogen-bond donors (Lipinski definition) is 3. The molecule has 0 aliphatic rings. The van der Waals surface area contributed by atoms with Gasteiger partial charge in [0.05, 0.1) is 13.7 Å². The number of para-hydroxylation sites is 1. The molecule has 3 rings (SSSR count). The zero-order valence-corrected chi connectivity index (χ0v) is 18.0. The molecule has 7 heteroatoms. The Morgan fingerprint density at radius 3 is 2.81 bits per heavy atom. The number of fused-ring (bicyclic) bond motifs is 1. The molecule has 0 unspecified atom stereocenters. The van der Waals surface area contributed by atoms with Crippen LogP contribution in [0, 0.1) is 0 Å². The number of nitrogens with one attached hydrogen (secondary N) is 3. The summed E-state index contributed by atoms with van der Waals surface area (Å²) in [5.74, 6) is 1.41. The lowest BCUT2D eigenvalue weighted by molar-refractivity contribution is 0.392. The summed E-state index contributed by atoms with van der Waals surface area (Å²) in [5, 5.41) is 7.95. The Balaban J connectivity index is 0.00000261. The Hall–Kier alpha value is -2.29. The number of benzene rings is 1. The predicted octanol–water partition coefficient (Wildman–Crippen LogP) is 3.49. The molecule has 0 bridgehead atoms. The summed E-state index contributed by atoms with van der Waals surface area (Å²) in [5.41, 5.74) is 3.44. The molecular formula is C20H26IN5O. The summed E-state index contributed by atoms with van der Waals surface area (Å²) < 4.78 is 5.28. The summed E-state index contributed by atoms with van der Waals surface area (Å²) in [6, 6.07) is 12.2. The number of H-pyrrole nitrogens is 1. The highest BCUT2D eigenvalue weighted by Crippen LogP contribution is 2.17. The molecule has 3 aromatic rings. The van der Waals surface area contributed by atoms with E-state index in [1.807, 2.05) is 18.2 Å². The van der Waals surface area contributed by atoms with Crippen molar-refractivity contribution >= 4 is 40.8 Å². The molecule has 0 saturated carbocycles. The number of ether oxygens (including phenoxy) is 1. The van der Waals surface area contributed by atoms with Crippen LogP contribution in [0.3, 0.4) is 0 Å². The van der Waals surface area contributed by atoms with E-state index in [1.165, 1.54) is 16.5 Å². The van der Waals surface area contributed by atoms with Gasteiger partial charge in [0.2, 0.25) is 5.88 Å². The van der Waals surface area contributed by atoms with E-state index in [0.717, 1.165) is 31.0 Å². The molecule has 6 nitrogen and oxygen atoms in total. The highest BCUT2D eigenvalue weighted by Gasteiger charge is 2.05. The first-order valence-electron chi connectivity index (χ1n) is 8.87. The van der Waals surface area contributed by atoms with E-state index in [-0.39, 0.29) is 24.0 Å². The zero-order chi connectivity index (χ0) is 18.2. The van der Waals surface area contributed by atoms with Crippen molar-refractivity contribution < 1.29 is 4.74 Å². The van der Waals surface area contributed by atoms with E-state index < -0.39 is 0 Å². The predicted molar refractivity (Wildman–Crippen MR) is 121 cm³/mol. The molecule has 0 spiro atoms. The Labute approximate surface area is 176 Å². The molecule has 27 heavy (non-hydrogen) atoms. The lowest BCUT2D eigenvalue weighted by Gasteiger charge is -2.11. The van der Waals surface area contributed by atoms with Gasteiger partial charge in [-0.1, -0.05) is 24.3 Å². The van der Waals surface area contributed by atoms with Crippen LogP contribution in [0.2, 0.25) is 0 Å². The van der Waals surface area contributed by atoms with Crippen molar-refractivity contribution in [2.24, 2.45) is 4.99 Å². The first-order chi connectivity index (χ1) is 12.8. The zero-order valence-electron chi connectivity index (χ0n) is 15.7. The SMILES string of the molecule is CCNC(=NCc1cccnc1OC)NCCc1c[nH]c2ccccc12.I. The average Bonchev–Trinajstić information content (AvgIpc) is 3.09. The molecule has 3 N–H and O–H groups in total. The average molecular weight is 479 g/mol. The summed E-state index contributed by atoms with van der Waals surface area (Å²) in [7, 11) is 1.63. The van der Waals surface area contributed by atoms with E-state index in [1.54, 1.807) is 13.3 Å². The maximum absolute atomic E-state index is 5.28. The van der Waals surface area contributed by atoms with Gasteiger partial charge in [-0.15, -0.1) is 24.0 Å². The van der Waals surface area contributed by atoms with Gasteiger partial charge in [-0.05, 0) is 31.0 Å². The van der Waals surface area contributed by atoms with Crippen LogP contribution in [0.5, 0.6) is 5.88 Å². The van der Waals surface area contributed by atoms with Gasteiger partial charge < -0.3 is 20.4 Å². The van der Waals surface area contributed by atoms with Gasteiger partial charge in [0.15, 0.2) is 5.96 Å². The standard InChI is InChI=1S/C20H25N5O.HI/c1-3-21-20(25-14-16-7-6-11-22-19(16)26-2)23-12-10-15-13-24-18-9-5-4-8-17(15)18;/h4-9,11,13,24H,3,10,12,14H2,1-2H3,(H2,21,23,25);1H. The van der Waals surface area contributed by atoms with Crippen LogP contribution in [-0.4, -0.2) is 36.1 Å². The third-order valence-electron chi connectivity index (χ3n) is 4.16. The number of guanidine groups is 1. The molecule has 0 radical (unpaired) electrons. The molecular weight excluding hydrogens is 453 g/mol. The number of methoxy groups -OCH3 is 1. The van der Waals surface area contributed by atoms with Gasteiger partial charge in [0.25, 0.3) is 0 Å². The lowest BCUT2D eigenvalue weighted by atomic mass is 10.1. The summed E-state index contributed by atoms with van der Waals surface area (Å²) in [6.07, 6.45) is 4.72. The van der Waals surface area contributed by atoms with Crippen molar-refractivity contribution in [1.29, 1.82) is 0 Å². The topological polar surface area (TPSA) is 74.3 Å². The van der Waals surface area contributed by atoms with Crippen LogP contribution in [0.4, 0.5) is 0 Å². The molecule has 144 valence electrons. The lowest BCUT2D eigenvalue weighted by Crippen LogP contribution is -2.38. The first kappa shape index (κ1) is 21.0. The smallest absolute Gasteiger partial charge is 0.218 e. The number of nitrogens with zero attached hydrogens (tertiary/aromatic N) is 2. The summed E-state index contributed by atoms with van der Waals surface area (Å²) in [4.78, 5) is 12.2. The molecule has 0 fully saturated rings. The van der Waals surface area contributed by atoms with Gasteiger partial charge >= 0.3 is 0 Å². The number of rotatable bonds is 7. The van der Waals surface area contributed by atoms with E-state index in [4.69, 9.17) is 4.74 Å². The van der Waals surface area contributed by atoms with Gasteiger partial charge in [-0.25, -0.2) is 9.98 Å². The monoisotopic (exact) mass is 479 g/mol. The highest BCUT2D eigenvalue weighted by molar-refractivity contribution is 14.0. The van der Waals surface area contributed by atoms with Crippen molar-refractivity contribution in [2.75, 3.05) is 20.2 Å². The minimum Gasteiger partial charge on any atom is -0.481 e. The Bertz CT molecular complexity index is 877. The first-order valence-corrected chi connectivity index (χ1v) is 8.87. The fourth-order valence-electron chi connectivity index (χ4n) is 2.89. The van der Waals surface area contributed by atoms with Crippen molar-refractivity contribution in [2.45, 2.75) is 19.9 Å². The fraction of sp³-hybridized carbons (Fsp3) is 0.300. The van der Waals surface area contributed by atoms with Crippen molar-refractivity contribution in [1.82, 2.24) is 20.6 Å². The van der Waals surface area contributed by atoms with Crippen LogP contribution in [0.1, 0.15) is 18.1 Å². The molecule has 0 amide bonds. The fourth-order valence-corrected chi connectivity index (χ4v) is 2.89. The third-order valence-corrected chi connectivity index (χ3v) is 4.16. The van der Waals surface area contributed by atoms with E-state index in [0.29, 0.717) is 12.4 Å². The Morgan fingerprint density at radius 1 is 1.15 bits per heavy atom. The van der Waals surface area contributed by atoms with E-state index in [9.17, 15) is 0 Å². The van der Waals surface area contributed by atoms with Gasteiger partial charge in [0.1, 0.15) is 0 Å². The number of hydrogen-bond acceptors (Lipinski definition) is 3. The minimum atomic E-state index is 0. The molecule has 2 heterocycles. The number of aromatic nitrogens is 2. The van der Waals surface area contributed by atoms with Gasteiger partial charge in [-0.2, -0.15) is 0 Å². The van der Waals surface area contributed by atoms with E-state index >= 15 is 0 Å². The normalized spacial score (nSPS) is 11.1. The largest absolute Gasteiger partial charge is 0.481 e. The van der Waals surface area contributed by atoms with Crippen LogP contribution in [-0.2, 0) is 13.0 Å². The van der Waals surface area contributed by atoms with Crippen molar-refractivity contribution in [3.63, 3.8) is 0 Å². The second kappa shape index (κ2) is 10.8. The van der Waals surface area contributed by atoms with Crippen molar-refractivity contribution in [3.8, 4) is 5.88 Å². The number of halogens is 1. The second-order valence-corrected chi connectivity index (χ2v) is 5.90.